The van der Waals surface area contributed by atoms with Crippen LogP contribution in [0.5, 0.6) is 0 Å². The Kier molecular flexibility index (Phi) is 3.87. The number of benzene rings is 1. The van der Waals surface area contributed by atoms with E-state index in [9.17, 15) is 0 Å². The Morgan fingerprint density at radius 1 is 1.14 bits per heavy atom. The van der Waals surface area contributed by atoms with Gasteiger partial charge in [-0.25, -0.2) is 0 Å². The summed E-state index contributed by atoms with van der Waals surface area (Å²) in [6.07, 6.45) is 1.24. The molecular weight excluding hydrogens is 190 g/mol. The minimum absolute atomic E-state index is 0.431. The summed E-state index contributed by atoms with van der Waals surface area (Å²) in [5.41, 5.74) is 6.88. The predicted molar refractivity (Wildman–Crippen MR) is 65.7 cm³/mol. The lowest BCUT2D eigenvalue weighted by Gasteiger charge is -2.17. The molecule has 1 aromatic rings. The Hall–Kier alpha value is -0.630. The molecule has 0 heterocycles. The maximum absolute atomic E-state index is 5.62. The summed E-state index contributed by atoms with van der Waals surface area (Å²) in [6, 6.07) is 8.09. The molecule has 2 N–H and O–H groups in total. The van der Waals surface area contributed by atoms with Gasteiger partial charge in [-0.05, 0) is 41.9 Å². The Balaban J connectivity index is 2.35. The molecular formula is C12H19NS. The van der Waals surface area contributed by atoms with E-state index in [0.717, 1.165) is 5.69 Å². The van der Waals surface area contributed by atoms with Gasteiger partial charge >= 0.3 is 0 Å². The minimum atomic E-state index is 0.431. The van der Waals surface area contributed by atoms with E-state index in [0.29, 0.717) is 5.41 Å². The van der Waals surface area contributed by atoms with E-state index in [1.165, 1.54) is 17.1 Å². The molecule has 1 rings (SSSR count). The molecule has 78 valence electrons. The van der Waals surface area contributed by atoms with Gasteiger partial charge < -0.3 is 5.73 Å². The van der Waals surface area contributed by atoms with Crippen LogP contribution in [0, 0.1) is 5.41 Å². The van der Waals surface area contributed by atoms with Crippen molar-refractivity contribution in [2.45, 2.75) is 32.1 Å². The van der Waals surface area contributed by atoms with Crippen molar-refractivity contribution in [3.05, 3.63) is 24.3 Å². The normalized spacial score (nSPS) is 11.6. The molecule has 1 nitrogen and oxygen atoms in total. The van der Waals surface area contributed by atoms with E-state index in [-0.39, 0.29) is 0 Å². The van der Waals surface area contributed by atoms with Crippen LogP contribution in [0.3, 0.4) is 0 Å². The van der Waals surface area contributed by atoms with Crippen LogP contribution >= 0.6 is 11.8 Å². The van der Waals surface area contributed by atoms with Gasteiger partial charge in [0, 0.05) is 10.6 Å². The second-order valence-electron chi connectivity index (χ2n) is 4.73. The number of hydrogen-bond acceptors (Lipinski definition) is 2. The molecule has 2 heteroatoms. The molecule has 0 spiro atoms. The summed E-state index contributed by atoms with van der Waals surface area (Å²) >= 11 is 1.90. The molecule has 0 radical (unpaired) electrons. The summed E-state index contributed by atoms with van der Waals surface area (Å²) in [6.45, 7) is 6.82. The zero-order chi connectivity index (χ0) is 10.6. The van der Waals surface area contributed by atoms with E-state index in [2.05, 4.69) is 32.9 Å². The Morgan fingerprint density at radius 2 is 1.71 bits per heavy atom. The second-order valence-corrected chi connectivity index (χ2v) is 5.90. The highest BCUT2D eigenvalue weighted by atomic mass is 32.2. The van der Waals surface area contributed by atoms with Crippen LogP contribution < -0.4 is 5.73 Å². The van der Waals surface area contributed by atoms with E-state index in [4.69, 9.17) is 5.73 Å². The molecule has 0 aliphatic carbocycles. The lowest BCUT2D eigenvalue weighted by molar-refractivity contribution is 0.401. The first-order valence-electron chi connectivity index (χ1n) is 4.96. The van der Waals surface area contributed by atoms with E-state index in [1.807, 2.05) is 23.9 Å². The molecule has 0 aliphatic heterocycles. The van der Waals surface area contributed by atoms with E-state index in [1.54, 1.807) is 0 Å². The number of anilines is 1. The highest BCUT2D eigenvalue weighted by Gasteiger charge is 2.09. The Morgan fingerprint density at radius 3 is 2.21 bits per heavy atom. The summed E-state index contributed by atoms with van der Waals surface area (Å²) in [5, 5.41) is 0. The fourth-order valence-electron chi connectivity index (χ4n) is 1.04. The van der Waals surface area contributed by atoms with Crippen molar-refractivity contribution in [1.29, 1.82) is 0 Å². The highest BCUT2D eigenvalue weighted by molar-refractivity contribution is 7.99. The summed E-state index contributed by atoms with van der Waals surface area (Å²) in [7, 11) is 0. The Labute approximate surface area is 91.1 Å². The van der Waals surface area contributed by atoms with Gasteiger partial charge in [-0.1, -0.05) is 20.8 Å². The molecule has 0 bridgehead atoms. The Bertz CT molecular complexity index is 271. The zero-order valence-electron chi connectivity index (χ0n) is 9.21. The molecule has 0 amide bonds. The average molecular weight is 209 g/mol. The van der Waals surface area contributed by atoms with E-state index < -0.39 is 0 Å². The molecule has 0 aromatic heterocycles. The van der Waals surface area contributed by atoms with Crippen molar-refractivity contribution in [2.24, 2.45) is 5.41 Å². The number of thioether (sulfide) groups is 1. The monoisotopic (exact) mass is 209 g/mol. The number of nitrogen functional groups attached to an aromatic ring is 1. The maximum atomic E-state index is 5.62. The molecule has 0 atom stereocenters. The van der Waals surface area contributed by atoms with Crippen LogP contribution in [0.1, 0.15) is 27.2 Å². The molecule has 0 saturated heterocycles. The standard InChI is InChI=1S/C12H19NS/c1-12(2,3)8-9-14-11-6-4-10(13)5-7-11/h4-7H,8-9,13H2,1-3H3. The third-order valence-corrected chi connectivity index (χ3v) is 3.01. The largest absolute Gasteiger partial charge is 0.399 e. The van der Waals surface area contributed by atoms with Crippen molar-refractivity contribution in [3.63, 3.8) is 0 Å². The fraction of sp³-hybridized carbons (Fsp3) is 0.500. The molecule has 1 aromatic carbocycles. The highest BCUT2D eigenvalue weighted by Crippen LogP contribution is 2.26. The fourth-order valence-corrected chi connectivity index (χ4v) is 2.32. The van der Waals surface area contributed by atoms with Gasteiger partial charge in [0.05, 0.1) is 0 Å². The van der Waals surface area contributed by atoms with Crippen LogP contribution in [0.15, 0.2) is 29.2 Å². The molecule has 0 aliphatic rings. The van der Waals surface area contributed by atoms with Gasteiger partial charge in [0.15, 0.2) is 0 Å². The first-order valence-corrected chi connectivity index (χ1v) is 5.94. The van der Waals surface area contributed by atoms with Gasteiger partial charge in [0.2, 0.25) is 0 Å². The molecule has 0 unspecified atom stereocenters. The van der Waals surface area contributed by atoms with Gasteiger partial charge in [0.1, 0.15) is 0 Å². The minimum Gasteiger partial charge on any atom is -0.399 e. The number of rotatable bonds is 3. The predicted octanol–water partition coefficient (Wildman–Crippen LogP) is 3.80. The van der Waals surface area contributed by atoms with Gasteiger partial charge in [0.25, 0.3) is 0 Å². The van der Waals surface area contributed by atoms with Gasteiger partial charge in [-0.15, -0.1) is 11.8 Å². The first-order chi connectivity index (χ1) is 6.47. The number of hydrogen-bond donors (Lipinski definition) is 1. The summed E-state index contributed by atoms with van der Waals surface area (Å²) in [4.78, 5) is 1.31. The van der Waals surface area contributed by atoms with E-state index >= 15 is 0 Å². The third-order valence-electron chi connectivity index (χ3n) is 2.00. The molecule has 0 fully saturated rings. The summed E-state index contributed by atoms with van der Waals surface area (Å²) in [5.74, 6) is 1.17. The average Bonchev–Trinajstić information content (AvgIpc) is 2.06. The lowest BCUT2D eigenvalue weighted by Crippen LogP contribution is -2.05. The molecule has 0 saturated carbocycles. The van der Waals surface area contributed by atoms with Crippen molar-refractivity contribution < 1.29 is 0 Å². The van der Waals surface area contributed by atoms with Crippen molar-refractivity contribution in [1.82, 2.24) is 0 Å². The number of nitrogens with two attached hydrogens (primary N) is 1. The quantitative estimate of drug-likeness (QED) is 0.605. The lowest BCUT2D eigenvalue weighted by atomic mass is 9.94. The SMILES string of the molecule is CC(C)(C)CCSc1ccc(N)cc1. The van der Waals surface area contributed by atoms with Crippen molar-refractivity contribution >= 4 is 17.4 Å². The van der Waals surface area contributed by atoms with Crippen LogP contribution in [0.25, 0.3) is 0 Å². The zero-order valence-corrected chi connectivity index (χ0v) is 10.0. The first kappa shape index (κ1) is 11.4. The van der Waals surface area contributed by atoms with Crippen LogP contribution in [-0.2, 0) is 0 Å². The third kappa shape index (κ3) is 4.56. The van der Waals surface area contributed by atoms with Crippen molar-refractivity contribution in [3.8, 4) is 0 Å². The maximum Gasteiger partial charge on any atom is 0.0314 e. The van der Waals surface area contributed by atoms with Crippen LogP contribution in [-0.4, -0.2) is 5.75 Å². The summed E-state index contributed by atoms with van der Waals surface area (Å²) < 4.78 is 0. The van der Waals surface area contributed by atoms with Crippen LogP contribution in [0.4, 0.5) is 5.69 Å². The van der Waals surface area contributed by atoms with Gasteiger partial charge in [-0.3, -0.25) is 0 Å². The molecule has 14 heavy (non-hydrogen) atoms. The topological polar surface area (TPSA) is 26.0 Å². The smallest absolute Gasteiger partial charge is 0.0314 e. The van der Waals surface area contributed by atoms with Crippen molar-refractivity contribution in [2.75, 3.05) is 11.5 Å². The van der Waals surface area contributed by atoms with Gasteiger partial charge in [-0.2, -0.15) is 0 Å². The second kappa shape index (κ2) is 4.74. The van der Waals surface area contributed by atoms with Crippen LogP contribution in [0.2, 0.25) is 0 Å².